The van der Waals surface area contributed by atoms with E-state index < -0.39 is 0 Å². The van der Waals surface area contributed by atoms with Crippen molar-refractivity contribution in [1.29, 1.82) is 0 Å². The van der Waals surface area contributed by atoms with Gasteiger partial charge in [-0.05, 0) is 62.1 Å². The van der Waals surface area contributed by atoms with E-state index in [1.54, 1.807) is 4.40 Å². The Balaban J connectivity index is 1.55. The van der Waals surface area contributed by atoms with Crippen LogP contribution in [0.4, 0.5) is 5.69 Å². The van der Waals surface area contributed by atoms with Crippen molar-refractivity contribution in [3.05, 3.63) is 108 Å². The second kappa shape index (κ2) is 10.6. The van der Waals surface area contributed by atoms with Crippen LogP contribution in [-0.2, 0) is 19.3 Å². The molecule has 0 saturated heterocycles. The Bertz CT molecular complexity index is 1430. The number of aryl methyl sites for hydroxylation is 2. The lowest BCUT2D eigenvalue weighted by Gasteiger charge is -2.21. The molecule has 182 valence electrons. The van der Waals surface area contributed by atoms with Crippen LogP contribution in [0.2, 0.25) is 0 Å². The molecule has 0 amide bonds. The van der Waals surface area contributed by atoms with Gasteiger partial charge >= 0.3 is 0 Å². The summed E-state index contributed by atoms with van der Waals surface area (Å²) < 4.78 is 1.79. The molecule has 0 radical (unpaired) electrons. The molecular formula is C30H31N5O. The Morgan fingerprint density at radius 1 is 0.778 bits per heavy atom. The third-order valence-corrected chi connectivity index (χ3v) is 6.63. The van der Waals surface area contributed by atoms with Gasteiger partial charge in [0.1, 0.15) is 5.69 Å². The maximum Gasteiger partial charge on any atom is 0.219 e. The van der Waals surface area contributed by atoms with Gasteiger partial charge in [0, 0.05) is 49.4 Å². The van der Waals surface area contributed by atoms with Gasteiger partial charge in [-0.3, -0.25) is 9.38 Å². The Morgan fingerprint density at radius 2 is 1.50 bits per heavy atom. The highest BCUT2D eigenvalue weighted by Crippen LogP contribution is 2.29. The number of fused-ring (bicyclic) bond motifs is 1. The molecule has 3 heterocycles. The largest absolute Gasteiger partial charge is 0.493 e. The fraction of sp³-hybridized carbons (Fsp3) is 0.233. The second-order valence-corrected chi connectivity index (χ2v) is 8.89. The first-order chi connectivity index (χ1) is 17.7. The molecule has 0 spiro atoms. The summed E-state index contributed by atoms with van der Waals surface area (Å²) in [6.07, 6.45) is 7.61. The molecule has 0 fully saturated rings. The van der Waals surface area contributed by atoms with Crippen LogP contribution < -0.4 is 4.90 Å². The minimum absolute atomic E-state index is 0.169. The number of hydrogen-bond acceptors (Lipinski definition) is 5. The zero-order chi connectivity index (χ0) is 24.9. The van der Waals surface area contributed by atoms with E-state index in [1.165, 1.54) is 11.3 Å². The molecule has 5 aromatic rings. The molecule has 1 N–H and O–H groups in total. The summed E-state index contributed by atoms with van der Waals surface area (Å²) in [7, 11) is 0. The van der Waals surface area contributed by atoms with Gasteiger partial charge in [-0.2, -0.15) is 0 Å². The number of pyridine rings is 1. The molecule has 2 aromatic carbocycles. The third kappa shape index (κ3) is 4.93. The summed E-state index contributed by atoms with van der Waals surface area (Å²) in [5.74, 6) is 0.169. The predicted octanol–water partition coefficient (Wildman–Crippen LogP) is 5.72. The molecular weight excluding hydrogens is 446 g/mol. The van der Waals surface area contributed by atoms with Crippen molar-refractivity contribution in [2.45, 2.75) is 33.1 Å². The topological polar surface area (TPSA) is 66.6 Å². The number of anilines is 1. The number of hydrogen-bond donors (Lipinski definition) is 1. The second-order valence-electron chi connectivity index (χ2n) is 8.89. The molecule has 0 unspecified atom stereocenters. The Morgan fingerprint density at radius 3 is 2.19 bits per heavy atom. The molecule has 3 aromatic heterocycles. The SMILES string of the molecule is CCN(CC)c1ccc(-c2cn3c(O)c(Cc4ccccc4)nc3c(CCc3ccncc3)n2)cc1. The lowest BCUT2D eigenvalue weighted by Crippen LogP contribution is -2.21. The zero-order valence-electron chi connectivity index (χ0n) is 20.8. The minimum Gasteiger partial charge on any atom is -0.493 e. The van der Waals surface area contributed by atoms with E-state index in [9.17, 15) is 5.11 Å². The summed E-state index contributed by atoms with van der Waals surface area (Å²) in [5, 5.41) is 11.2. The van der Waals surface area contributed by atoms with Crippen LogP contribution in [0.3, 0.4) is 0 Å². The number of nitrogens with zero attached hydrogens (tertiary/aromatic N) is 5. The Labute approximate surface area is 211 Å². The number of imidazole rings is 1. The molecule has 0 aliphatic carbocycles. The normalized spacial score (nSPS) is 11.2. The van der Waals surface area contributed by atoms with Gasteiger partial charge < -0.3 is 10.0 Å². The van der Waals surface area contributed by atoms with Crippen molar-refractivity contribution in [3.63, 3.8) is 0 Å². The van der Waals surface area contributed by atoms with Gasteiger partial charge in [0.25, 0.3) is 0 Å². The van der Waals surface area contributed by atoms with E-state index in [0.29, 0.717) is 24.2 Å². The molecule has 0 atom stereocenters. The summed E-state index contributed by atoms with van der Waals surface area (Å²) in [6.45, 7) is 6.26. The third-order valence-electron chi connectivity index (χ3n) is 6.63. The first-order valence-electron chi connectivity index (χ1n) is 12.5. The average Bonchev–Trinajstić information content (AvgIpc) is 3.24. The first kappa shape index (κ1) is 23.5. The fourth-order valence-corrected chi connectivity index (χ4v) is 4.60. The fourth-order valence-electron chi connectivity index (χ4n) is 4.60. The van der Waals surface area contributed by atoms with Crippen LogP contribution in [0.1, 0.15) is 36.4 Å². The zero-order valence-corrected chi connectivity index (χ0v) is 20.8. The van der Waals surface area contributed by atoms with Gasteiger partial charge in [0.15, 0.2) is 5.65 Å². The molecule has 5 rings (SSSR count). The van der Waals surface area contributed by atoms with Crippen molar-refractivity contribution in [1.82, 2.24) is 19.4 Å². The van der Waals surface area contributed by atoms with E-state index >= 15 is 0 Å². The van der Waals surface area contributed by atoms with Crippen molar-refractivity contribution >= 4 is 11.3 Å². The van der Waals surface area contributed by atoms with Gasteiger partial charge in [0.05, 0.1) is 11.4 Å². The molecule has 0 saturated carbocycles. The van der Waals surface area contributed by atoms with Crippen molar-refractivity contribution in [2.24, 2.45) is 0 Å². The maximum atomic E-state index is 11.2. The molecule has 0 aliphatic rings. The number of aromatic nitrogens is 4. The van der Waals surface area contributed by atoms with Crippen LogP contribution in [0.25, 0.3) is 16.9 Å². The van der Waals surface area contributed by atoms with Crippen LogP contribution in [0.5, 0.6) is 5.88 Å². The summed E-state index contributed by atoms with van der Waals surface area (Å²) in [4.78, 5) is 16.3. The Kier molecular flexibility index (Phi) is 6.94. The van der Waals surface area contributed by atoms with Crippen LogP contribution >= 0.6 is 0 Å². The van der Waals surface area contributed by atoms with E-state index in [4.69, 9.17) is 9.97 Å². The van der Waals surface area contributed by atoms with Crippen LogP contribution in [0.15, 0.2) is 85.3 Å². The number of benzene rings is 2. The van der Waals surface area contributed by atoms with Gasteiger partial charge in [0.2, 0.25) is 5.88 Å². The maximum absolute atomic E-state index is 11.2. The molecule has 6 heteroatoms. The average molecular weight is 478 g/mol. The van der Waals surface area contributed by atoms with E-state index in [2.05, 4.69) is 60.1 Å². The predicted molar refractivity (Wildman–Crippen MR) is 145 cm³/mol. The minimum atomic E-state index is 0.169. The smallest absolute Gasteiger partial charge is 0.219 e. The van der Waals surface area contributed by atoms with Crippen molar-refractivity contribution < 1.29 is 5.11 Å². The van der Waals surface area contributed by atoms with Gasteiger partial charge in [-0.25, -0.2) is 9.97 Å². The van der Waals surface area contributed by atoms with E-state index in [1.807, 2.05) is 48.9 Å². The molecule has 0 bridgehead atoms. The number of aromatic hydroxyl groups is 1. The molecule has 0 aliphatic heterocycles. The lowest BCUT2D eigenvalue weighted by molar-refractivity contribution is 0.442. The summed E-state index contributed by atoms with van der Waals surface area (Å²) in [5.41, 5.74) is 7.55. The summed E-state index contributed by atoms with van der Waals surface area (Å²) >= 11 is 0. The standard InChI is InChI=1S/C30H31N5O/c1-3-34(4-2)25-13-11-24(12-14-25)28-21-35-29(26(32-28)15-10-22-16-18-31-19-17-22)33-27(30(35)36)20-23-8-6-5-7-9-23/h5-9,11-14,16-19,21,36H,3-4,10,15,20H2,1-2H3. The van der Waals surface area contributed by atoms with Crippen LogP contribution in [0, 0.1) is 0 Å². The van der Waals surface area contributed by atoms with E-state index in [0.717, 1.165) is 42.0 Å². The van der Waals surface area contributed by atoms with Crippen molar-refractivity contribution in [3.8, 4) is 17.1 Å². The highest BCUT2D eigenvalue weighted by atomic mass is 16.3. The quantitative estimate of drug-likeness (QED) is 0.294. The van der Waals surface area contributed by atoms with Crippen molar-refractivity contribution in [2.75, 3.05) is 18.0 Å². The van der Waals surface area contributed by atoms with Gasteiger partial charge in [-0.1, -0.05) is 42.5 Å². The monoisotopic (exact) mass is 477 g/mol. The first-order valence-corrected chi connectivity index (χ1v) is 12.5. The molecule has 6 nitrogen and oxygen atoms in total. The number of rotatable bonds is 9. The van der Waals surface area contributed by atoms with Crippen LogP contribution in [-0.4, -0.2) is 37.5 Å². The Hall–Kier alpha value is -4.19. The molecule has 36 heavy (non-hydrogen) atoms. The highest BCUT2D eigenvalue weighted by molar-refractivity contribution is 5.65. The lowest BCUT2D eigenvalue weighted by atomic mass is 10.1. The highest BCUT2D eigenvalue weighted by Gasteiger charge is 2.18. The van der Waals surface area contributed by atoms with E-state index in [-0.39, 0.29) is 5.88 Å². The van der Waals surface area contributed by atoms with Gasteiger partial charge in [-0.15, -0.1) is 0 Å². The summed E-state index contributed by atoms with van der Waals surface area (Å²) in [6, 6.07) is 22.6.